The lowest BCUT2D eigenvalue weighted by molar-refractivity contribution is -0.141. The first kappa shape index (κ1) is 21.7. The highest BCUT2D eigenvalue weighted by molar-refractivity contribution is 6.39. The van der Waals surface area contributed by atoms with E-state index in [9.17, 15) is 13.2 Å². The number of aromatic nitrogens is 2. The van der Waals surface area contributed by atoms with E-state index in [1.165, 1.54) is 0 Å². The molecule has 0 radical (unpaired) electrons. The number of para-hydroxylation sites is 1. The lowest BCUT2D eigenvalue weighted by Crippen LogP contribution is -2.27. The maximum atomic E-state index is 13.6. The maximum absolute atomic E-state index is 13.6. The highest BCUT2D eigenvalue weighted by Gasteiger charge is 2.37. The largest absolute Gasteiger partial charge is 0.434 e. The second kappa shape index (κ2) is 9.19. The lowest BCUT2D eigenvalue weighted by atomic mass is 10.00. The third-order valence-electron chi connectivity index (χ3n) is 4.53. The molecule has 1 aromatic heterocycles. The van der Waals surface area contributed by atoms with Crippen molar-refractivity contribution in [3.05, 3.63) is 52.3 Å². The average molecular weight is 447 g/mol. The normalized spacial score (nSPS) is 15.2. The molecule has 1 aliphatic rings. The van der Waals surface area contributed by atoms with Gasteiger partial charge in [0.15, 0.2) is 5.69 Å². The van der Waals surface area contributed by atoms with E-state index in [0.717, 1.165) is 19.0 Å². The molecule has 0 saturated carbocycles. The molecule has 29 heavy (non-hydrogen) atoms. The molecule has 3 rings (SSSR count). The van der Waals surface area contributed by atoms with Crippen molar-refractivity contribution in [2.45, 2.75) is 19.0 Å². The van der Waals surface area contributed by atoms with Gasteiger partial charge >= 0.3 is 6.18 Å². The summed E-state index contributed by atoms with van der Waals surface area (Å²) in [4.78, 5) is 7.64. The smallest absolute Gasteiger partial charge is 0.385 e. The van der Waals surface area contributed by atoms with Gasteiger partial charge in [-0.25, -0.2) is 9.97 Å². The van der Waals surface area contributed by atoms with Gasteiger partial charge in [0.25, 0.3) is 0 Å². The first-order valence-corrected chi connectivity index (χ1v) is 9.67. The van der Waals surface area contributed by atoms with Crippen LogP contribution >= 0.6 is 23.2 Å². The zero-order valence-electron chi connectivity index (χ0n) is 15.3. The molecule has 0 atom stereocenters. The number of hydrogen-bond donors (Lipinski definition) is 2. The van der Waals surface area contributed by atoms with Gasteiger partial charge < -0.3 is 15.4 Å². The number of anilines is 2. The number of nitrogens with zero attached hydrogens (tertiary/aromatic N) is 2. The standard InChI is InChI=1S/C19H19Cl2F3N4O/c1-11(25-9-12-5-7-29-8-6-12)13-10-26-18(28-17(13)19(22,23)24)27-16-14(20)3-2-4-15(16)21/h2-4,10,12,25H,1,5-9H2,(H,26,27,28). The fraction of sp³-hybridized carbons (Fsp3) is 0.368. The van der Waals surface area contributed by atoms with Gasteiger partial charge in [-0.05, 0) is 30.9 Å². The molecule has 0 aliphatic carbocycles. The molecule has 0 spiro atoms. The van der Waals surface area contributed by atoms with E-state index in [0.29, 0.717) is 25.7 Å². The van der Waals surface area contributed by atoms with Crippen LogP contribution in [0.3, 0.4) is 0 Å². The van der Waals surface area contributed by atoms with Gasteiger partial charge in [0.05, 0.1) is 15.7 Å². The SMILES string of the molecule is C=C(NCC1CCOCC1)c1cnc(Nc2c(Cl)cccc2Cl)nc1C(F)(F)F. The number of rotatable bonds is 6. The monoisotopic (exact) mass is 446 g/mol. The van der Waals surface area contributed by atoms with Gasteiger partial charge in [-0.2, -0.15) is 13.2 Å². The Bertz CT molecular complexity index is 866. The molecule has 1 aromatic carbocycles. The van der Waals surface area contributed by atoms with Crippen molar-refractivity contribution in [1.82, 2.24) is 15.3 Å². The van der Waals surface area contributed by atoms with Gasteiger partial charge in [-0.1, -0.05) is 35.8 Å². The van der Waals surface area contributed by atoms with E-state index in [2.05, 4.69) is 27.2 Å². The average Bonchev–Trinajstić information content (AvgIpc) is 2.69. The minimum absolute atomic E-state index is 0.117. The van der Waals surface area contributed by atoms with E-state index in [4.69, 9.17) is 27.9 Å². The van der Waals surface area contributed by atoms with Crippen LogP contribution in [0.25, 0.3) is 5.70 Å². The Morgan fingerprint density at radius 3 is 2.48 bits per heavy atom. The fourth-order valence-corrected chi connectivity index (χ4v) is 3.41. The third kappa shape index (κ3) is 5.52. The number of hydrogen-bond acceptors (Lipinski definition) is 5. The van der Waals surface area contributed by atoms with Gasteiger partial charge in [0.1, 0.15) is 0 Å². The predicted octanol–water partition coefficient (Wildman–Crippen LogP) is 5.53. The molecular weight excluding hydrogens is 428 g/mol. The first-order valence-electron chi connectivity index (χ1n) is 8.92. The topological polar surface area (TPSA) is 59.1 Å². The van der Waals surface area contributed by atoms with Crippen molar-refractivity contribution in [3.8, 4) is 0 Å². The number of alkyl halides is 3. The summed E-state index contributed by atoms with van der Waals surface area (Å²) in [6.45, 7) is 5.56. The molecule has 10 heteroatoms. The van der Waals surface area contributed by atoms with Crippen LogP contribution in [-0.4, -0.2) is 29.7 Å². The Balaban J connectivity index is 1.81. The molecule has 2 heterocycles. The van der Waals surface area contributed by atoms with Crippen LogP contribution in [0.15, 0.2) is 31.0 Å². The van der Waals surface area contributed by atoms with E-state index >= 15 is 0 Å². The van der Waals surface area contributed by atoms with Crippen LogP contribution in [0.5, 0.6) is 0 Å². The highest BCUT2D eigenvalue weighted by atomic mass is 35.5. The first-order chi connectivity index (χ1) is 13.8. The third-order valence-corrected chi connectivity index (χ3v) is 5.16. The number of nitrogens with one attached hydrogen (secondary N) is 2. The van der Waals surface area contributed by atoms with Crippen molar-refractivity contribution in [2.75, 3.05) is 25.1 Å². The van der Waals surface area contributed by atoms with Crippen LogP contribution in [0.2, 0.25) is 10.0 Å². The minimum Gasteiger partial charge on any atom is -0.385 e. The van der Waals surface area contributed by atoms with Crippen LogP contribution in [0, 0.1) is 5.92 Å². The fourth-order valence-electron chi connectivity index (χ4n) is 2.92. The summed E-state index contributed by atoms with van der Waals surface area (Å²) >= 11 is 12.1. The molecule has 156 valence electrons. The van der Waals surface area contributed by atoms with Gasteiger partial charge in [-0.3, -0.25) is 0 Å². The van der Waals surface area contributed by atoms with Crippen molar-refractivity contribution < 1.29 is 17.9 Å². The van der Waals surface area contributed by atoms with Crippen LogP contribution in [-0.2, 0) is 10.9 Å². The summed E-state index contributed by atoms with van der Waals surface area (Å²) in [5.41, 5.74) is -0.956. The minimum atomic E-state index is -4.69. The second-order valence-corrected chi connectivity index (χ2v) is 7.40. The molecule has 2 aromatic rings. The molecule has 5 nitrogen and oxygen atoms in total. The molecule has 0 bridgehead atoms. The molecule has 1 fully saturated rings. The number of ether oxygens (including phenoxy) is 1. The number of halogens is 5. The molecule has 1 aliphatic heterocycles. The Kier molecular flexibility index (Phi) is 6.87. The maximum Gasteiger partial charge on any atom is 0.434 e. The quantitative estimate of drug-likeness (QED) is 0.610. The Labute approximate surface area is 176 Å². The second-order valence-electron chi connectivity index (χ2n) is 6.59. The van der Waals surface area contributed by atoms with Crippen LogP contribution < -0.4 is 10.6 Å². The summed E-state index contributed by atoms with van der Waals surface area (Å²) < 4.78 is 46.2. The van der Waals surface area contributed by atoms with Crippen LogP contribution in [0.1, 0.15) is 24.1 Å². The van der Waals surface area contributed by atoms with Crippen molar-refractivity contribution in [1.29, 1.82) is 0 Å². The van der Waals surface area contributed by atoms with Crippen LogP contribution in [0.4, 0.5) is 24.8 Å². The van der Waals surface area contributed by atoms with Crippen molar-refractivity contribution in [2.24, 2.45) is 5.92 Å². The summed E-state index contributed by atoms with van der Waals surface area (Å²) in [5, 5.41) is 6.10. The molecule has 0 unspecified atom stereocenters. The Morgan fingerprint density at radius 1 is 1.21 bits per heavy atom. The van der Waals surface area contributed by atoms with Gasteiger partial charge in [0, 0.05) is 37.2 Å². The predicted molar refractivity (Wildman–Crippen MR) is 107 cm³/mol. The Morgan fingerprint density at radius 2 is 1.86 bits per heavy atom. The number of benzene rings is 1. The van der Waals surface area contributed by atoms with Crippen molar-refractivity contribution in [3.63, 3.8) is 0 Å². The van der Waals surface area contributed by atoms with Crippen molar-refractivity contribution >= 4 is 40.5 Å². The van der Waals surface area contributed by atoms with E-state index < -0.39 is 11.9 Å². The van der Waals surface area contributed by atoms with Gasteiger partial charge in [0.2, 0.25) is 5.95 Å². The summed E-state index contributed by atoms with van der Waals surface area (Å²) in [6.07, 6.45) is -1.90. The van der Waals surface area contributed by atoms with Gasteiger partial charge in [-0.15, -0.1) is 0 Å². The Hall–Kier alpha value is -2.03. The molecular formula is C19H19Cl2F3N4O. The van der Waals surface area contributed by atoms with E-state index in [-0.39, 0.29) is 32.9 Å². The molecule has 2 N–H and O–H groups in total. The lowest BCUT2D eigenvalue weighted by Gasteiger charge is -2.24. The van der Waals surface area contributed by atoms with E-state index in [1.54, 1.807) is 18.2 Å². The summed E-state index contributed by atoms with van der Waals surface area (Å²) in [6, 6.07) is 4.72. The molecule has 1 saturated heterocycles. The van der Waals surface area contributed by atoms with E-state index in [1.807, 2.05) is 0 Å². The zero-order valence-corrected chi connectivity index (χ0v) is 16.8. The zero-order chi connectivity index (χ0) is 21.0. The highest BCUT2D eigenvalue weighted by Crippen LogP contribution is 2.35. The molecule has 0 amide bonds. The summed E-state index contributed by atoms with van der Waals surface area (Å²) in [7, 11) is 0. The summed E-state index contributed by atoms with van der Waals surface area (Å²) in [5.74, 6) is 0.0485.